The minimum Gasteiger partial charge on any atom is -0.379 e. The zero-order valence-corrected chi connectivity index (χ0v) is 18.5. The maximum absolute atomic E-state index is 12.9. The monoisotopic (exact) mass is 485 g/mol. The summed E-state index contributed by atoms with van der Waals surface area (Å²) in [7, 11) is 0. The van der Waals surface area contributed by atoms with Gasteiger partial charge in [-0.05, 0) is 29.3 Å². The molecule has 0 saturated carbocycles. The Kier molecular flexibility index (Phi) is 6.32. The number of amides is 1. The summed E-state index contributed by atoms with van der Waals surface area (Å²) in [5, 5.41) is 2.56. The van der Waals surface area contributed by atoms with Gasteiger partial charge in [0.05, 0.1) is 37.0 Å². The summed E-state index contributed by atoms with van der Waals surface area (Å²) in [4.78, 5) is 26.1. The van der Waals surface area contributed by atoms with Crippen LogP contribution in [0.25, 0.3) is 11.1 Å². The molecule has 35 heavy (non-hydrogen) atoms. The molecule has 1 saturated heterocycles. The van der Waals surface area contributed by atoms with Crippen molar-refractivity contribution in [3.05, 3.63) is 66.0 Å². The number of alkyl halides is 3. The van der Waals surface area contributed by atoms with Crippen molar-refractivity contribution < 1.29 is 22.7 Å². The number of hydrazine groups is 1. The second-order valence-corrected chi connectivity index (χ2v) is 8.26. The SMILES string of the molecule is O=C(Nc1cnc(C(F)(F)F)nc1)C1NNc2ccc(-c3cncc(CN4CCOCC4)c3)cc21. The molecule has 1 fully saturated rings. The van der Waals surface area contributed by atoms with Crippen LogP contribution in [-0.2, 0) is 22.3 Å². The first kappa shape index (κ1) is 23.1. The lowest BCUT2D eigenvalue weighted by Gasteiger charge is -2.26. The predicted octanol–water partition coefficient (Wildman–Crippen LogP) is 3.00. The number of fused-ring (bicyclic) bond motifs is 1. The molecule has 12 heteroatoms. The van der Waals surface area contributed by atoms with E-state index in [4.69, 9.17) is 4.74 Å². The van der Waals surface area contributed by atoms with Crippen molar-refractivity contribution >= 4 is 17.3 Å². The maximum atomic E-state index is 12.9. The standard InChI is InChI=1S/C23H22F3N7O2/c24-23(25,26)22-28-11-17(12-29-22)30-21(34)20-18-8-15(1-2-19(18)31-32-20)16-7-14(9-27-10-16)13-33-3-5-35-6-4-33/h1-2,7-12,20,31-32H,3-6,13H2,(H,30,34). The Labute approximate surface area is 198 Å². The van der Waals surface area contributed by atoms with E-state index in [1.54, 1.807) is 6.20 Å². The van der Waals surface area contributed by atoms with Gasteiger partial charge in [-0.3, -0.25) is 14.7 Å². The summed E-state index contributed by atoms with van der Waals surface area (Å²) in [6.45, 7) is 3.97. The summed E-state index contributed by atoms with van der Waals surface area (Å²) in [5.74, 6) is -1.73. The third-order valence-electron chi connectivity index (χ3n) is 5.79. The molecule has 3 N–H and O–H groups in total. The molecule has 1 amide bonds. The van der Waals surface area contributed by atoms with Gasteiger partial charge in [-0.2, -0.15) is 13.2 Å². The highest BCUT2D eigenvalue weighted by atomic mass is 19.4. The first-order valence-electron chi connectivity index (χ1n) is 11.0. The van der Waals surface area contributed by atoms with Crippen LogP contribution >= 0.6 is 0 Å². The smallest absolute Gasteiger partial charge is 0.379 e. The number of nitrogens with zero attached hydrogens (tertiary/aromatic N) is 4. The molecule has 0 spiro atoms. The van der Waals surface area contributed by atoms with E-state index < -0.39 is 23.9 Å². The highest BCUT2D eigenvalue weighted by Crippen LogP contribution is 2.34. The molecule has 4 heterocycles. The number of rotatable bonds is 5. The lowest BCUT2D eigenvalue weighted by atomic mass is 9.98. The van der Waals surface area contributed by atoms with Crippen LogP contribution in [0.5, 0.6) is 0 Å². The number of hydrogen-bond acceptors (Lipinski definition) is 8. The fourth-order valence-corrected chi connectivity index (χ4v) is 4.03. The fourth-order valence-electron chi connectivity index (χ4n) is 4.03. The average Bonchev–Trinajstić information content (AvgIpc) is 3.28. The average molecular weight is 485 g/mol. The first-order chi connectivity index (χ1) is 16.9. The number of nitrogens with one attached hydrogen (secondary N) is 3. The van der Waals surface area contributed by atoms with Crippen LogP contribution in [0.4, 0.5) is 24.5 Å². The fraction of sp³-hybridized carbons (Fsp3) is 0.304. The molecule has 3 aromatic rings. The Hall–Kier alpha value is -3.61. The number of carbonyl (C=O) groups is 1. The molecule has 0 bridgehead atoms. The van der Waals surface area contributed by atoms with Crippen LogP contribution in [-0.4, -0.2) is 52.1 Å². The Morgan fingerprint density at radius 3 is 2.60 bits per heavy atom. The number of halogens is 3. The number of pyridine rings is 1. The first-order valence-corrected chi connectivity index (χ1v) is 11.0. The van der Waals surface area contributed by atoms with Crippen LogP contribution in [0.3, 0.4) is 0 Å². The third-order valence-corrected chi connectivity index (χ3v) is 5.79. The molecule has 2 aliphatic rings. The quantitative estimate of drug-likeness (QED) is 0.507. The van der Waals surface area contributed by atoms with E-state index in [0.717, 1.165) is 67.6 Å². The molecule has 2 aliphatic heterocycles. The molecule has 182 valence electrons. The topological polar surface area (TPSA) is 104 Å². The van der Waals surface area contributed by atoms with Gasteiger partial charge in [0.25, 0.3) is 0 Å². The normalized spacial score (nSPS) is 18.1. The summed E-state index contributed by atoms with van der Waals surface area (Å²) in [6, 6.07) is 7.00. The van der Waals surface area contributed by atoms with Gasteiger partial charge in [-0.1, -0.05) is 6.07 Å². The second-order valence-electron chi connectivity index (χ2n) is 8.26. The summed E-state index contributed by atoms with van der Waals surface area (Å²) in [5.41, 5.74) is 10.3. The number of aromatic nitrogens is 3. The number of hydrogen-bond donors (Lipinski definition) is 3. The van der Waals surface area contributed by atoms with Gasteiger partial charge in [0.1, 0.15) is 6.04 Å². The van der Waals surface area contributed by atoms with E-state index in [2.05, 4.69) is 42.1 Å². The number of ether oxygens (including phenoxy) is 1. The second kappa shape index (κ2) is 9.56. The Morgan fingerprint density at radius 2 is 1.86 bits per heavy atom. The number of anilines is 2. The van der Waals surface area contributed by atoms with Crippen LogP contribution < -0.4 is 16.2 Å². The molecule has 1 unspecified atom stereocenters. The highest BCUT2D eigenvalue weighted by Gasteiger charge is 2.34. The van der Waals surface area contributed by atoms with E-state index in [1.807, 2.05) is 24.4 Å². The van der Waals surface area contributed by atoms with Crippen LogP contribution in [0.15, 0.2) is 49.1 Å². The number of benzene rings is 1. The minimum atomic E-state index is -4.65. The largest absolute Gasteiger partial charge is 0.451 e. The molecular formula is C23H22F3N7O2. The van der Waals surface area contributed by atoms with Crippen molar-refractivity contribution in [3.63, 3.8) is 0 Å². The molecule has 0 radical (unpaired) electrons. The van der Waals surface area contributed by atoms with Crippen molar-refractivity contribution in [2.75, 3.05) is 37.0 Å². The molecule has 2 aromatic heterocycles. The van der Waals surface area contributed by atoms with Crippen molar-refractivity contribution in [3.8, 4) is 11.1 Å². The highest BCUT2D eigenvalue weighted by molar-refractivity contribution is 5.97. The van der Waals surface area contributed by atoms with Crippen LogP contribution in [0.2, 0.25) is 0 Å². The lowest BCUT2D eigenvalue weighted by Crippen LogP contribution is -2.35. The van der Waals surface area contributed by atoms with E-state index >= 15 is 0 Å². The van der Waals surface area contributed by atoms with Gasteiger partial charge in [0.2, 0.25) is 11.7 Å². The molecule has 0 aliphatic carbocycles. The van der Waals surface area contributed by atoms with Crippen LogP contribution in [0, 0.1) is 0 Å². The van der Waals surface area contributed by atoms with Gasteiger partial charge >= 0.3 is 6.18 Å². The summed E-state index contributed by atoms with van der Waals surface area (Å²) < 4.78 is 43.4. The van der Waals surface area contributed by atoms with Gasteiger partial charge in [0.15, 0.2) is 0 Å². The molecule has 5 rings (SSSR count). The van der Waals surface area contributed by atoms with Crippen LogP contribution in [0.1, 0.15) is 23.0 Å². The van der Waals surface area contributed by atoms with E-state index in [0.29, 0.717) is 5.56 Å². The summed E-state index contributed by atoms with van der Waals surface area (Å²) >= 11 is 0. The zero-order chi connectivity index (χ0) is 24.4. The molecule has 1 aromatic carbocycles. The number of carbonyl (C=O) groups excluding carboxylic acids is 1. The molecule has 9 nitrogen and oxygen atoms in total. The third kappa shape index (κ3) is 5.24. The molecule has 1 atom stereocenters. The van der Waals surface area contributed by atoms with E-state index in [9.17, 15) is 18.0 Å². The van der Waals surface area contributed by atoms with E-state index in [1.165, 1.54) is 0 Å². The van der Waals surface area contributed by atoms with Crippen molar-refractivity contribution in [2.45, 2.75) is 18.8 Å². The Bertz CT molecular complexity index is 1210. The Balaban J connectivity index is 1.32. The van der Waals surface area contributed by atoms with Gasteiger partial charge < -0.3 is 15.5 Å². The minimum absolute atomic E-state index is 0.0643. The van der Waals surface area contributed by atoms with E-state index in [-0.39, 0.29) is 5.69 Å². The van der Waals surface area contributed by atoms with Gasteiger partial charge in [-0.25, -0.2) is 15.4 Å². The zero-order valence-electron chi connectivity index (χ0n) is 18.5. The number of morpholine rings is 1. The lowest BCUT2D eigenvalue weighted by molar-refractivity contribution is -0.144. The van der Waals surface area contributed by atoms with Crippen molar-refractivity contribution in [1.29, 1.82) is 0 Å². The van der Waals surface area contributed by atoms with Crippen molar-refractivity contribution in [2.24, 2.45) is 0 Å². The van der Waals surface area contributed by atoms with Crippen molar-refractivity contribution in [1.82, 2.24) is 25.3 Å². The predicted molar refractivity (Wildman–Crippen MR) is 121 cm³/mol. The van der Waals surface area contributed by atoms with Gasteiger partial charge in [-0.15, -0.1) is 0 Å². The maximum Gasteiger partial charge on any atom is 0.451 e. The molecular weight excluding hydrogens is 463 g/mol. The van der Waals surface area contributed by atoms with Gasteiger partial charge in [0, 0.05) is 43.2 Å². The Morgan fingerprint density at radius 1 is 1.09 bits per heavy atom. The summed E-state index contributed by atoms with van der Waals surface area (Å²) in [6.07, 6.45) is 0.827.